The van der Waals surface area contributed by atoms with Crippen LogP contribution in [0.1, 0.15) is 43.4 Å². The quantitative estimate of drug-likeness (QED) is 0.724. The average Bonchev–Trinajstić information content (AvgIpc) is 3.44. The molecule has 0 unspecified atom stereocenters. The van der Waals surface area contributed by atoms with Gasteiger partial charge in [0.05, 0.1) is 31.0 Å². The number of aliphatic hydroxyl groups is 1. The van der Waals surface area contributed by atoms with Crippen molar-refractivity contribution >= 4 is 11.0 Å². The van der Waals surface area contributed by atoms with Crippen molar-refractivity contribution in [3.05, 3.63) is 23.4 Å². The minimum absolute atomic E-state index is 0.0976. The van der Waals surface area contributed by atoms with Gasteiger partial charge in [-0.2, -0.15) is 0 Å². The molecule has 2 aromatic rings. The molecule has 2 fully saturated rings. The van der Waals surface area contributed by atoms with Crippen LogP contribution in [-0.2, 0) is 13.0 Å². The summed E-state index contributed by atoms with van der Waals surface area (Å²) in [5, 5.41) is 15.1. The fourth-order valence-electron chi connectivity index (χ4n) is 3.95. The van der Waals surface area contributed by atoms with Crippen LogP contribution in [0.25, 0.3) is 11.0 Å². The minimum Gasteiger partial charge on any atom is -0.493 e. The second-order valence-corrected chi connectivity index (χ2v) is 7.92. The molecule has 144 valence electrons. The topological polar surface area (TPSA) is 58.7 Å². The Kier molecular flexibility index (Phi) is 5.66. The third-order valence-corrected chi connectivity index (χ3v) is 5.92. The van der Waals surface area contributed by atoms with E-state index in [9.17, 15) is 5.11 Å². The fourth-order valence-corrected chi connectivity index (χ4v) is 3.95. The molecule has 5 nitrogen and oxygen atoms in total. The zero-order valence-electron chi connectivity index (χ0n) is 15.8. The average molecular weight is 368 g/mol. The lowest BCUT2D eigenvalue weighted by Gasteiger charge is -2.30. The molecule has 1 aromatic carbocycles. The lowest BCUT2D eigenvalue weighted by atomic mass is 9.91. The molecule has 1 saturated heterocycles. The van der Waals surface area contributed by atoms with Crippen LogP contribution >= 0.6 is 0 Å². The van der Waals surface area contributed by atoms with Gasteiger partial charge in [-0.15, -0.1) is 6.42 Å². The number of fused-ring (bicyclic) bond motifs is 1. The summed E-state index contributed by atoms with van der Waals surface area (Å²) in [6, 6.07) is 3.98. The Morgan fingerprint density at radius 1 is 1.22 bits per heavy atom. The predicted octanol–water partition coefficient (Wildman–Crippen LogP) is 3.39. The molecule has 1 saturated carbocycles. The molecule has 4 rings (SSSR count). The number of hydrogen-bond acceptors (Lipinski definition) is 5. The number of likely N-dealkylation sites (tertiary alicyclic amines) is 1. The summed E-state index contributed by atoms with van der Waals surface area (Å²) in [6.07, 6.45) is 12.3. The summed E-state index contributed by atoms with van der Waals surface area (Å²) in [7, 11) is 0. The Hall–Kier alpha value is -2.03. The highest BCUT2D eigenvalue weighted by atomic mass is 16.5. The number of benzene rings is 1. The van der Waals surface area contributed by atoms with E-state index in [1.807, 2.05) is 12.1 Å². The first-order valence-electron chi connectivity index (χ1n) is 10.1. The number of aliphatic hydroxyl groups excluding tert-OH is 1. The van der Waals surface area contributed by atoms with Crippen LogP contribution in [0.15, 0.2) is 16.7 Å². The first-order chi connectivity index (χ1) is 13.3. The number of ether oxygens (including phenoxy) is 1. The lowest BCUT2D eigenvalue weighted by molar-refractivity contribution is 0.197. The van der Waals surface area contributed by atoms with Crippen LogP contribution in [0, 0.1) is 24.2 Å². The minimum atomic E-state index is -0.0976. The van der Waals surface area contributed by atoms with Crippen LogP contribution in [0.5, 0.6) is 5.75 Å². The van der Waals surface area contributed by atoms with E-state index >= 15 is 0 Å². The van der Waals surface area contributed by atoms with Gasteiger partial charge in [0.25, 0.3) is 0 Å². The lowest BCUT2D eigenvalue weighted by Crippen LogP contribution is -2.34. The predicted molar refractivity (Wildman–Crippen MR) is 104 cm³/mol. The first-order valence-corrected chi connectivity index (χ1v) is 10.1. The fraction of sp³-hybridized carbons (Fsp3) is 0.591. The van der Waals surface area contributed by atoms with Gasteiger partial charge in [0, 0.05) is 5.39 Å². The van der Waals surface area contributed by atoms with Gasteiger partial charge in [0.1, 0.15) is 5.75 Å². The van der Waals surface area contributed by atoms with Crippen molar-refractivity contribution in [2.24, 2.45) is 11.8 Å². The number of hydrogen-bond donors (Lipinski definition) is 1. The van der Waals surface area contributed by atoms with E-state index in [2.05, 4.69) is 16.0 Å². The van der Waals surface area contributed by atoms with Crippen molar-refractivity contribution in [3.63, 3.8) is 0 Å². The Bertz CT molecular complexity index is 811. The highest BCUT2D eigenvalue weighted by molar-refractivity contribution is 5.84. The van der Waals surface area contributed by atoms with Gasteiger partial charge in [0.15, 0.2) is 5.58 Å². The van der Waals surface area contributed by atoms with Crippen molar-refractivity contribution in [1.29, 1.82) is 0 Å². The molecule has 1 aliphatic carbocycles. The zero-order chi connectivity index (χ0) is 18.6. The summed E-state index contributed by atoms with van der Waals surface area (Å²) in [6.45, 7) is 3.56. The number of piperidine rings is 1. The normalized spacial score (nSPS) is 18.7. The first kappa shape index (κ1) is 18.3. The maximum atomic E-state index is 9.82. The zero-order valence-corrected chi connectivity index (χ0v) is 15.8. The van der Waals surface area contributed by atoms with Gasteiger partial charge in [-0.05, 0) is 75.6 Å². The number of rotatable bonds is 8. The van der Waals surface area contributed by atoms with Crippen molar-refractivity contribution in [2.45, 2.75) is 45.1 Å². The maximum absolute atomic E-state index is 9.82. The molecule has 5 heteroatoms. The van der Waals surface area contributed by atoms with Crippen molar-refractivity contribution in [2.75, 3.05) is 26.2 Å². The smallest absolute Gasteiger partial charge is 0.176 e. The van der Waals surface area contributed by atoms with Crippen LogP contribution in [0.2, 0.25) is 0 Å². The van der Waals surface area contributed by atoms with Crippen molar-refractivity contribution in [3.8, 4) is 18.1 Å². The second-order valence-electron chi connectivity index (χ2n) is 7.92. The Morgan fingerprint density at radius 3 is 2.74 bits per heavy atom. The van der Waals surface area contributed by atoms with Gasteiger partial charge >= 0.3 is 0 Å². The van der Waals surface area contributed by atoms with E-state index in [1.54, 1.807) is 0 Å². The monoisotopic (exact) mass is 368 g/mol. The number of aromatic nitrogens is 1. The molecule has 2 heterocycles. The van der Waals surface area contributed by atoms with Crippen LogP contribution in [0.4, 0.5) is 0 Å². The highest BCUT2D eigenvalue weighted by Crippen LogP contribution is 2.34. The van der Waals surface area contributed by atoms with E-state index in [0.29, 0.717) is 17.4 Å². The van der Waals surface area contributed by atoms with Crippen LogP contribution < -0.4 is 4.74 Å². The standard InChI is InChI=1S/C22H28N2O3/c1-2-11-24-12-9-16(10-13-24)5-7-20-18-6-8-21(26-15-17-3-4-17)19(14-25)22(18)27-23-20/h1,6,8,16-17,25H,3-5,7,9-15H2. The third kappa shape index (κ3) is 4.28. The molecular formula is C22H28N2O3. The molecule has 0 atom stereocenters. The van der Waals surface area contributed by atoms with Crippen LogP contribution in [0.3, 0.4) is 0 Å². The van der Waals surface area contributed by atoms with Crippen LogP contribution in [-0.4, -0.2) is 41.4 Å². The number of nitrogens with zero attached hydrogens (tertiary/aromatic N) is 2. The SMILES string of the molecule is C#CCN1CCC(CCc2noc3c(CO)c(OCC4CC4)ccc23)CC1. The molecule has 0 spiro atoms. The Morgan fingerprint density at radius 2 is 2.04 bits per heavy atom. The largest absolute Gasteiger partial charge is 0.493 e. The van der Waals surface area contributed by atoms with E-state index in [4.69, 9.17) is 15.7 Å². The Labute approximate surface area is 160 Å². The summed E-state index contributed by atoms with van der Waals surface area (Å²) in [5.74, 6) is 4.84. The van der Waals surface area contributed by atoms with Gasteiger partial charge < -0.3 is 14.4 Å². The van der Waals surface area contributed by atoms with Crippen molar-refractivity contribution < 1.29 is 14.4 Å². The van der Waals surface area contributed by atoms with E-state index in [-0.39, 0.29) is 6.61 Å². The van der Waals surface area contributed by atoms with E-state index in [0.717, 1.165) is 61.5 Å². The summed E-state index contributed by atoms with van der Waals surface area (Å²) in [4.78, 5) is 2.35. The Balaban J connectivity index is 1.40. The summed E-state index contributed by atoms with van der Waals surface area (Å²) >= 11 is 0. The van der Waals surface area contributed by atoms with Crippen molar-refractivity contribution in [1.82, 2.24) is 10.1 Å². The molecule has 1 N–H and O–H groups in total. The molecule has 0 bridgehead atoms. The molecular weight excluding hydrogens is 340 g/mol. The molecule has 0 amide bonds. The van der Waals surface area contributed by atoms with Gasteiger partial charge in [-0.1, -0.05) is 11.1 Å². The molecule has 1 aromatic heterocycles. The van der Waals surface area contributed by atoms with Gasteiger partial charge in [-0.25, -0.2) is 0 Å². The molecule has 1 aliphatic heterocycles. The molecule has 2 aliphatic rings. The van der Waals surface area contributed by atoms with E-state index in [1.165, 1.54) is 25.7 Å². The van der Waals surface area contributed by atoms with E-state index < -0.39 is 0 Å². The van der Waals surface area contributed by atoms with Gasteiger partial charge in [-0.3, -0.25) is 4.90 Å². The second kappa shape index (κ2) is 8.33. The highest BCUT2D eigenvalue weighted by Gasteiger charge is 2.24. The maximum Gasteiger partial charge on any atom is 0.176 e. The third-order valence-electron chi connectivity index (χ3n) is 5.92. The molecule has 0 radical (unpaired) electrons. The summed E-state index contributed by atoms with van der Waals surface area (Å²) in [5.41, 5.74) is 2.37. The van der Waals surface area contributed by atoms with Gasteiger partial charge in [0.2, 0.25) is 0 Å². The number of terminal acetylenes is 1. The molecule has 27 heavy (non-hydrogen) atoms. The number of aryl methyl sites for hydroxylation is 1. The summed E-state index contributed by atoms with van der Waals surface area (Å²) < 4.78 is 11.5.